The van der Waals surface area contributed by atoms with E-state index in [-0.39, 0.29) is 29.0 Å². The summed E-state index contributed by atoms with van der Waals surface area (Å²) in [6, 6.07) is 4.22. The maximum Gasteiger partial charge on any atom is 0.313 e. The summed E-state index contributed by atoms with van der Waals surface area (Å²) in [6.07, 6.45) is 0. The lowest BCUT2D eigenvalue weighted by molar-refractivity contribution is -0.385. The summed E-state index contributed by atoms with van der Waals surface area (Å²) in [7, 11) is 1.29. The van der Waals surface area contributed by atoms with Gasteiger partial charge >= 0.3 is 5.69 Å². The highest BCUT2D eigenvalue weighted by Crippen LogP contribution is 2.36. The third-order valence-corrected chi connectivity index (χ3v) is 1.85. The van der Waals surface area contributed by atoms with Gasteiger partial charge in [-0.3, -0.25) is 10.1 Å². The second kappa shape index (κ2) is 5.48. The molecule has 9 heteroatoms. The highest BCUT2D eigenvalue weighted by molar-refractivity contribution is 5.94. The van der Waals surface area contributed by atoms with Crippen LogP contribution >= 0.6 is 0 Å². The van der Waals surface area contributed by atoms with E-state index in [1.54, 1.807) is 0 Å². The monoisotopic (exact) mass is 252 g/mol. The Morgan fingerprint density at radius 2 is 2.06 bits per heavy atom. The van der Waals surface area contributed by atoms with E-state index >= 15 is 0 Å². The van der Waals surface area contributed by atoms with Crippen molar-refractivity contribution in [1.29, 1.82) is 0 Å². The van der Waals surface area contributed by atoms with Crippen molar-refractivity contribution < 1.29 is 9.66 Å². The van der Waals surface area contributed by atoms with Crippen molar-refractivity contribution in [3.05, 3.63) is 28.3 Å². The van der Waals surface area contributed by atoms with Crippen LogP contribution in [-0.2, 0) is 0 Å². The maximum absolute atomic E-state index is 10.8. The van der Waals surface area contributed by atoms with Crippen molar-refractivity contribution in [2.45, 2.75) is 0 Å². The minimum Gasteiger partial charge on any atom is -0.489 e. The number of para-hydroxylation sites is 1. The summed E-state index contributed by atoms with van der Waals surface area (Å²) in [4.78, 5) is 17.5. The van der Waals surface area contributed by atoms with Crippen LogP contribution in [0.15, 0.2) is 28.2 Å². The van der Waals surface area contributed by atoms with Gasteiger partial charge in [0.15, 0.2) is 5.96 Å². The molecule has 1 aromatic carbocycles. The molecule has 0 unspecified atom stereocenters. The summed E-state index contributed by atoms with van der Waals surface area (Å²) >= 11 is 0. The molecule has 0 saturated carbocycles. The van der Waals surface area contributed by atoms with E-state index < -0.39 is 4.92 Å². The van der Waals surface area contributed by atoms with Crippen LogP contribution < -0.4 is 21.9 Å². The minimum absolute atomic E-state index is 0.0174. The number of methoxy groups -OCH3 is 1. The lowest BCUT2D eigenvalue weighted by Gasteiger charge is -2.04. The summed E-state index contributed by atoms with van der Waals surface area (Å²) in [5.41, 5.74) is 15.6. The number of nitrogens with two attached hydrogens (primary N) is 3. The standard InChI is InChI=1S/C9H12N6O3/c1-18-7-5(13-9(12)14-8(10)11)3-2-4-6(7)15(16)17/h2-4H,1H3,(H6,10,11,12,13,14). The van der Waals surface area contributed by atoms with Gasteiger partial charge in [0.2, 0.25) is 11.7 Å². The van der Waals surface area contributed by atoms with Crippen LogP contribution in [0, 0.1) is 10.1 Å². The van der Waals surface area contributed by atoms with Crippen molar-refractivity contribution in [1.82, 2.24) is 0 Å². The van der Waals surface area contributed by atoms with Crippen molar-refractivity contribution >= 4 is 23.3 Å². The van der Waals surface area contributed by atoms with E-state index in [0.29, 0.717) is 0 Å². The molecule has 6 N–H and O–H groups in total. The van der Waals surface area contributed by atoms with Gasteiger partial charge in [-0.25, -0.2) is 4.99 Å². The molecular weight excluding hydrogens is 240 g/mol. The first-order valence-corrected chi connectivity index (χ1v) is 4.71. The van der Waals surface area contributed by atoms with Crippen molar-refractivity contribution in [2.24, 2.45) is 27.2 Å². The van der Waals surface area contributed by atoms with Crippen molar-refractivity contribution in [3.63, 3.8) is 0 Å². The summed E-state index contributed by atoms with van der Waals surface area (Å²) < 4.78 is 4.93. The number of ether oxygens (including phenoxy) is 1. The number of nitro groups is 1. The molecular formula is C9H12N6O3. The van der Waals surface area contributed by atoms with Crippen LogP contribution in [0.25, 0.3) is 0 Å². The number of hydrogen-bond acceptors (Lipinski definition) is 4. The topological polar surface area (TPSA) is 155 Å². The zero-order valence-electron chi connectivity index (χ0n) is 9.53. The Morgan fingerprint density at radius 1 is 1.39 bits per heavy atom. The predicted octanol–water partition coefficient (Wildman–Crippen LogP) is -0.177. The second-order valence-electron chi connectivity index (χ2n) is 3.09. The molecule has 96 valence electrons. The van der Waals surface area contributed by atoms with Gasteiger partial charge in [-0.15, -0.1) is 0 Å². The Morgan fingerprint density at radius 3 is 2.56 bits per heavy atom. The number of hydrogen-bond donors (Lipinski definition) is 3. The average molecular weight is 252 g/mol. The van der Waals surface area contributed by atoms with E-state index in [1.165, 1.54) is 25.3 Å². The molecule has 18 heavy (non-hydrogen) atoms. The molecule has 0 fully saturated rings. The minimum atomic E-state index is -0.589. The molecule has 0 aromatic heterocycles. The van der Waals surface area contributed by atoms with E-state index in [2.05, 4.69) is 9.98 Å². The van der Waals surface area contributed by atoms with Crippen LogP contribution in [0.3, 0.4) is 0 Å². The Kier molecular flexibility index (Phi) is 4.02. The maximum atomic E-state index is 10.8. The molecule has 0 aliphatic carbocycles. The van der Waals surface area contributed by atoms with E-state index in [9.17, 15) is 10.1 Å². The molecule has 0 saturated heterocycles. The molecule has 0 amide bonds. The van der Waals surface area contributed by atoms with Gasteiger partial charge in [-0.2, -0.15) is 4.99 Å². The fourth-order valence-corrected chi connectivity index (χ4v) is 1.23. The van der Waals surface area contributed by atoms with Crippen LogP contribution in [0.1, 0.15) is 0 Å². The first-order valence-electron chi connectivity index (χ1n) is 4.71. The largest absolute Gasteiger partial charge is 0.489 e. The average Bonchev–Trinajstić information content (AvgIpc) is 2.27. The molecule has 0 radical (unpaired) electrons. The zero-order chi connectivity index (χ0) is 13.7. The van der Waals surface area contributed by atoms with Crippen LogP contribution in [0.4, 0.5) is 11.4 Å². The van der Waals surface area contributed by atoms with E-state index in [1.807, 2.05) is 0 Å². The Balaban J connectivity index is 3.29. The van der Waals surface area contributed by atoms with Gasteiger partial charge in [0.1, 0.15) is 5.69 Å². The molecule has 1 aromatic rings. The Bertz CT molecular complexity index is 521. The Labute approximate surface area is 102 Å². The fourth-order valence-electron chi connectivity index (χ4n) is 1.23. The molecule has 0 aliphatic rings. The van der Waals surface area contributed by atoms with Crippen molar-refractivity contribution in [2.75, 3.05) is 7.11 Å². The summed E-state index contributed by atoms with van der Waals surface area (Å²) in [5, 5.41) is 10.8. The number of guanidine groups is 2. The van der Waals surface area contributed by atoms with Crippen LogP contribution in [0.2, 0.25) is 0 Å². The van der Waals surface area contributed by atoms with Crippen LogP contribution in [-0.4, -0.2) is 24.0 Å². The molecule has 0 atom stereocenters. The highest BCUT2D eigenvalue weighted by Gasteiger charge is 2.18. The molecule has 0 spiro atoms. The number of nitro benzene ring substituents is 1. The first-order chi connectivity index (χ1) is 8.45. The first kappa shape index (κ1) is 13.2. The van der Waals surface area contributed by atoms with E-state index in [4.69, 9.17) is 21.9 Å². The van der Waals surface area contributed by atoms with Gasteiger partial charge in [0, 0.05) is 6.07 Å². The lowest BCUT2D eigenvalue weighted by Crippen LogP contribution is -2.26. The summed E-state index contributed by atoms with van der Waals surface area (Å²) in [6.45, 7) is 0. The molecule has 0 heterocycles. The molecule has 1 rings (SSSR count). The molecule has 0 aliphatic heterocycles. The highest BCUT2D eigenvalue weighted by atomic mass is 16.6. The molecule has 9 nitrogen and oxygen atoms in total. The van der Waals surface area contributed by atoms with Gasteiger partial charge < -0.3 is 21.9 Å². The number of benzene rings is 1. The van der Waals surface area contributed by atoms with E-state index in [0.717, 1.165) is 0 Å². The van der Waals surface area contributed by atoms with Gasteiger partial charge in [0.25, 0.3) is 0 Å². The second-order valence-corrected chi connectivity index (χ2v) is 3.09. The van der Waals surface area contributed by atoms with Gasteiger partial charge in [0.05, 0.1) is 12.0 Å². The van der Waals surface area contributed by atoms with Crippen molar-refractivity contribution in [3.8, 4) is 5.75 Å². The fraction of sp³-hybridized carbons (Fsp3) is 0.111. The van der Waals surface area contributed by atoms with Gasteiger partial charge in [-0.05, 0) is 6.07 Å². The quantitative estimate of drug-likeness (QED) is 0.293. The number of aliphatic imine (C=N–C) groups is 2. The third kappa shape index (κ3) is 3.07. The predicted molar refractivity (Wildman–Crippen MR) is 66.7 cm³/mol. The lowest BCUT2D eigenvalue weighted by atomic mass is 10.2. The normalized spacial score (nSPS) is 10.8. The zero-order valence-corrected chi connectivity index (χ0v) is 9.53. The number of rotatable bonds is 3. The SMILES string of the molecule is COc1c(N=C(N)N=C(N)N)cccc1[N+](=O)[O-]. The molecule has 0 bridgehead atoms. The van der Waals surface area contributed by atoms with Crippen LogP contribution in [0.5, 0.6) is 5.75 Å². The third-order valence-electron chi connectivity index (χ3n) is 1.85. The summed E-state index contributed by atoms with van der Waals surface area (Å²) in [5.74, 6) is -0.509. The number of nitrogens with zero attached hydrogens (tertiary/aromatic N) is 3. The Hall–Kier alpha value is -2.84. The smallest absolute Gasteiger partial charge is 0.313 e. The van der Waals surface area contributed by atoms with Gasteiger partial charge in [-0.1, -0.05) is 6.07 Å².